The highest BCUT2D eigenvalue weighted by molar-refractivity contribution is 5.86. The van der Waals surface area contributed by atoms with Crippen LogP contribution < -0.4 is 4.90 Å². The largest absolute Gasteiger partial charge is 0.359 e. The first-order valence-electron chi connectivity index (χ1n) is 7.74. The average Bonchev–Trinajstić information content (AvgIpc) is 2.81. The van der Waals surface area contributed by atoms with E-state index < -0.39 is 0 Å². The second kappa shape index (κ2) is 6.33. The van der Waals surface area contributed by atoms with E-state index in [1.54, 1.807) is 0 Å². The van der Waals surface area contributed by atoms with Crippen molar-refractivity contribution in [1.29, 1.82) is 0 Å². The van der Waals surface area contributed by atoms with E-state index in [1.165, 1.54) is 11.3 Å². The second-order valence-electron chi connectivity index (χ2n) is 6.10. The Labute approximate surface area is 128 Å². The van der Waals surface area contributed by atoms with Crippen molar-refractivity contribution in [2.24, 2.45) is 0 Å². The molecule has 2 atom stereocenters. The van der Waals surface area contributed by atoms with Gasteiger partial charge in [-0.25, -0.2) is 0 Å². The van der Waals surface area contributed by atoms with E-state index in [9.17, 15) is 4.79 Å². The Hall–Kier alpha value is -1.77. The summed E-state index contributed by atoms with van der Waals surface area (Å²) >= 11 is 0. The van der Waals surface area contributed by atoms with E-state index >= 15 is 0 Å². The van der Waals surface area contributed by atoms with Crippen LogP contribution in [0.15, 0.2) is 36.4 Å². The highest BCUT2D eigenvalue weighted by Crippen LogP contribution is 2.37. The minimum Gasteiger partial charge on any atom is -0.359 e. The number of amides is 1. The van der Waals surface area contributed by atoms with Gasteiger partial charge in [0.25, 0.3) is 0 Å². The molecule has 0 saturated heterocycles. The van der Waals surface area contributed by atoms with Crippen molar-refractivity contribution in [3.8, 4) is 0 Å². The summed E-state index contributed by atoms with van der Waals surface area (Å²) in [5.41, 5.74) is 3.57. The number of carbonyl (C=O) groups is 1. The molecule has 0 aliphatic carbocycles. The molecule has 1 heterocycles. The van der Waals surface area contributed by atoms with Gasteiger partial charge < -0.3 is 9.80 Å². The molecule has 21 heavy (non-hydrogen) atoms. The molecule has 0 fully saturated rings. The molecule has 114 valence electrons. The fraction of sp³-hybridized carbons (Fsp3) is 0.500. The molecule has 1 aromatic rings. The fourth-order valence-electron chi connectivity index (χ4n) is 3.09. The van der Waals surface area contributed by atoms with Crippen LogP contribution >= 0.6 is 0 Å². The molecule has 0 aromatic heterocycles. The van der Waals surface area contributed by atoms with Crippen molar-refractivity contribution in [3.63, 3.8) is 0 Å². The molecule has 1 aromatic carbocycles. The number of fused-ring (bicyclic) bond motifs is 1. The molecule has 1 aliphatic rings. The number of likely N-dealkylation sites (N-methyl/N-ethyl adjacent to an activating group) is 1. The molecule has 0 spiro atoms. The number of hydrogen-bond donors (Lipinski definition) is 0. The summed E-state index contributed by atoms with van der Waals surface area (Å²) in [5, 5.41) is 0. The molecule has 1 amide bonds. The summed E-state index contributed by atoms with van der Waals surface area (Å²) < 4.78 is 0. The van der Waals surface area contributed by atoms with Crippen LogP contribution in [-0.4, -0.2) is 36.5 Å². The van der Waals surface area contributed by atoms with E-state index in [4.69, 9.17) is 0 Å². The van der Waals surface area contributed by atoms with E-state index in [2.05, 4.69) is 36.6 Å². The molecule has 0 saturated carbocycles. The minimum atomic E-state index is -0.129. The van der Waals surface area contributed by atoms with Crippen molar-refractivity contribution in [2.45, 2.75) is 39.7 Å². The number of hydrogen-bond acceptors (Lipinski definition) is 2. The zero-order valence-corrected chi connectivity index (χ0v) is 13.6. The van der Waals surface area contributed by atoms with Crippen molar-refractivity contribution < 1.29 is 4.79 Å². The van der Waals surface area contributed by atoms with Gasteiger partial charge in [-0.15, -0.1) is 0 Å². The van der Waals surface area contributed by atoms with Gasteiger partial charge in [-0.2, -0.15) is 0 Å². The Morgan fingerprint density at radius 3 is 2.76 bits per heavy atom. The van der Waals surface area contributed by atoms with Crippen LogP contribution in [0.2, 0.25) is 0 Å². The van der Waals surface area contributed by atoms with Gasteiger partial charge in [0.15, 0.2) is 0 Å². The lowest BCUT2D eigenvalue weighted by atomic mass is 10.0. The van der Waals surface area contributed by atoms with E-state index in [0.29, 0.717) is 12.5 Å². The van der Waals surface area contributed by atoms with Crippen molar-refractivity contribution >= 4 is 11.6 Å². The molecule has 3 nitrogen and oxygen atoms in total. The summed E-state index contributed by atoms with van der Waals surface area (Å²) in [5.74, 6) is 0.664. The molecule has 3 heteroatoms. The number of para-hydroxylation sites is 1. The summed E-state index contributed by atoms with van der Waals surface area (Å²) in [6.07, 6.45) is 0. The van der Waals surface area contributed by atoms with E-state index in [1.807, 2.05) is 31.7 Å². The predicted molar refractivity (Wildman–Crippen MR) is 88.7 cm³/mol. The van der Waals surface area contributed by atoms with Crippen LogP contribution in [0.3, 0.4) is 0 Å². The molecular formula is C18H26N2O. The summed E-state index contributed by atoms with van der Waals surface area (Å²) in [6, 6.07) is 8.29. The van der Waals surface area contributed by atoms with Crippen LogP contribution in [0.1, 0.15) is 39.2 Å². The Balaban J connectivity index is 2.19. The maximum atomic E-state index is 12.8. The zero-order valence-electron chi connectivity index (χ0n) is 13.6. The first-order valence-corrected chi connectivity index (χ1v) is 7.74. The Kier molecular flexibility index (Phi) is 4.71. The Morgan fingerprint density at radius 1 is 1.48 bits per heavy atom. The highest BCUT2D eigenvalue weighted by Gasteiger charge is 2.32. The molecule has 0 radical (unpaired) electrons. The molecule has 2 rings (SSSR count). The third-order valence-electron chi connectivity index (χ3n) is 4.23. The fourth-order valence-corrected chi connectivity index (χ4v) is 3.09. The van der Waals surface area contributed by atoms with Gasteiger partial charge in [0.1, 0.15) is 6.04 Å². The van der Waals surface area contributed by atoms with Gasteiger partial charge >= 0.3 is 0 Å². The first kappa shape index (κ1) is 15.6. The quantitative estimate of drug-likeness (QED) is 0.774. The minimum absolute atomic E-state index is 0.129. The van der Waals surface area contributed by atoms with Gasteiger partial charge in [-0.05, 0) is 32.4 Å². The molecule has 0 N–H and O–H groups in total. The number of benzene rings is 1. The topological polar surface area (TPSA) is 23.6 Å². The van der Waals surface area contributed by atoms with Gasteiger partial charge in [-0.1, -0.05) is 37.3 Å². The normalized spacial score (nSPS) is 18.3. The number of anilines is 1. The maximum absolute atomic E-state index is 12.8. The molecule has 1 aliphatic heterocycles. The van der Waals surface area contributed by atoms with Crippen LogP contribution in [-0.2, 0) is 4.79 Å². The van der Waals surface area contributed by atoms with Crippen molar-refractivity contribution in [3.05, 3.63) is 42.0 Å². The smallest absolute Gasteiger partial charge is 0.245 e. The number of rotatable bonds is 5. The number of carbonyl (C=O) groups excluding carboxylic acids is 1. The van der Waals surface area contributed by atoms with E-state index in [-0.39, 0.29) is 11.9 Å². The average molecular weight is 286 g/mol. The Morgan fingerprint density at radius 2 is 2.14 bits per heavy atom. The number of nitrogens with zero attached hydrogens (tertiary/aromatic N) is 2. The Bertz CT molecular complexity index is 538. The lowest BCUT2D eigenvalue weighted by Gasteiger charge is -2.31. The second-order valence-corrected chi connectivity index (χ2v) is 6.10. The van der Waals surface area contributed by atoms with Crippen LogP contribution in [0.4, 0.5) is 5.69 Å². The van der Waals surface area contributed by atoms with Gasteiger partial charge in [0.05, 0.1) is 0 Å². The van der Waals surface area contributed by atoms with Crippen LogP contribution in [0, 0.1) is 0 Å². The standard InChI is InChI=1S/C18H26N2O/c1-6-19(11-13(2)3)18(21)15(5)20-12-14(4)16-9-7-8-10-17(16)20/h7-10,14-15H,2,6,11-12H2,1,3-5H3. The SMILES string of the molecule is C=C(C)CN(CC)C(=O)C(C)N1CC(C)c2ccccc21. The van der Waals surface area contributed by atoms with Gasteiger partial charge in [-0.3, -0.25) is 4.79 Å². The van der Waals surface area contributed by atoms with Crippen molar-refractivity contribution in [2.75, 3.05) is 24.5 Å². The van der Waals surface area contributed by atoms with E-state index in [0.717, 1.165) is 18.7 Å². The molecule has 2 unspecified atom stereocenters. The maximum Gasteiger partial charge on any atom is 0.245 e. The zero-order chi connectivity index (χ0) is 15.6. The first-order chi connectivity index (χ1) is 9.95. The summed E-state index contributed by atoms with van der Waals surface area (Å²) in [6.45, 7) is 14.4. The monoisotopic (exact) mass is 286 g/mol. The van der Waals surface area contributed by atoms with Crippen LogP contribution in [0.5, 0.6) is 0 Å². The molecular weight excluding hydrogens is 260 g/mol. The third kappa shape index (κ3) is 3.12. The predicted octanol–water partition coefficient (Wildman–Crippen LogP) is 3.42. The lowest BCUT2D eigenvalue weighted by Crippen LogP contribution is -2.47. The lowest BCUT2D eigenvalue weighted by molar-refractivity contribution is -0.131. The summed E-state index contributed by atoms with van der Waals surface area (Å²) in [7, 11) is 0. The summed E-state index contributed by atoms with van der Waals surface area (Å²) in [4.78, 5) is 16.9. The third-order valence-corrected chi connectivity index (χ3v) is 4.23. The van der Waals surface area contributed by atoms with Crippen molar-refractivity contribution in [1.82, 2.24) is 4.90 Å². The highest BCUT2D eigenvalue weighted by atomic mass is 16.2. The van der Waals surface area contributed by atoms with Gasteiger partial charge in [0, 0.05) is 31.2 Å². The van der Waals surface area contributed by atoms with Gasteiger partial charge in [0.2, 0.25) is 5.91 Å². The van der Waals surface area contributed by atoms with Crippen LogP contribution in [0.25, 0.3) is 0 Å². The molecule has 0 bridgehead atoms.